The molecule has 1 aliphatic heterocycles. The third-order valence-electron chi connectivity index (χ3n) is 7.64. The van der Waals surface area contributed by atoms with Gasteiger partial charge in [-0.1, -0.05) is 32.0 Å². The molecule has 0 radical (unpaired) electrons. The predicted molar refractivity (Wildman–Crippen MR) is 160 cm³/mol. The fraction of sp³-hybridized carbons (Fsp3) is 0.364. The maximum absolute atomic E-state index is 14.7. The molecule has 41 heavy (non-hydrogen) atoms. The average Bonchev–Trinajstić information content (AvgIpc) is 3.30. The van der Waals surface area contributed by atoms with Crippen molar-refractivity contribution in [1.29, 1.82) is 0 Å². The Hall–Kier alpha value is -4.04. The Labute approximate surface area is 241 Å². The molecule has 0 saturated heterocycles. The summed E-state index contributed by atoms with van der Waals surface area (Å²) < 4.78 is 16.7. The molecule has 0 spiro atoms. The average molecular weight is 556 g/mol. The van der Waals surface area contributed by atoms with Gasteiger partial charge in [0.05, 0.1) is 11.1 Å². The van der Waals surface area contributed by atoms with Crippen LogP contribution in [0.2, 0.25) is 0 Å². The van der Waals surface area contributed by atoms with Crippen molar-refractivity contribution in [3.63, 3.8) is 0 Å². The van der Waals surface area contributed by atoms with Crippen LogP contribution in [0.15, 0.2) is 73.2 Å². The van der Waals surface area contributed by atoms with Gasteiger partial charge in [-0.15, -0.1) is 0 Å². The summed E-state index contributed by atoms with van der Waals surface area (Å²) in [5, 5.41) is 0.889. The highest BCUT2D eigenvalue weighted by molar-refractivity contribution is 6.08. The Morgan fingerprint density at radius 2 is 1.73 bits per heavy atom. The molecule has 0 bridgehead atoms. The number of halogens is 1. The monoisotopic (exact) mass is 555 g/mol. The smallest absolute Gasteiger partial charge is 0.259 e. The number of carbonyl (C=O) groups is 2. The van der Waals surface area contributed by atoms with E-state index in [1.165, 1.54) is 12.1 Å². The normalized spacial score (nSPS) is 15.4. The van der Waals surface area contributed by atoms with Gasteiger partial charge in [-0.2, -0.15) is 0 Å². The van der Waals surface area contributed by atoms with Crippen LogP contribution in [0.1, 0.15) is 53.0 Å². The summed E-state index contributed by atoms with van der Waals surface area (Å²) in [7, 11) is 1.94. The lowest BCUT2D eigenvalue weighted by molar-refractivity contribution is 0.0735. The molecule has 3 heterocycles. The topological polar surface area (TPSA) is 61.7 Å². The summed E-state index contributed by atoms with van der Waals surface area (Å²) in [5.74, 6) is -0.196. The van der Waals surface area contributed by atoms with Crippen LogP contribution in [-0.2, 0) is 13.6 Å². The SMILES string of the molecule is CC(C)CN1CCCN(C(=O)c2cn(C)c3ccccc23)Cc2cc(F)ccc2N(C(=O)c2cccnc2)CCC1. The first kappa shape index (κ1) is 28.5. The zero-order chi connectivity index (χ0) is 28.9. The maximum Gasteiger partial charge on any atom is 0.259 e. The van der Waals surface area contributed by atoms with Gasteiger partial charge in [0.15, 0.2) is 0 Å². The first-order valence-corrected chi connectivity index (χ1v) is 14.4. The number of aromatic nitrogens is 2. The van der Waals surface area contributed by atoms with Gasteiger partial charge in [0, 0.05) is 68.4 Å². The number of benzene rings is 2. The zero-order valence-corrected chi connectivity index (χ0v) is 24.1. The second-order valence-electron chi connectivity index (χ2n) is 11.3. The second-order valence-corrected chi connectivity index (χ2v) is 11.3. The van der Waals surface area contributed by atoms with E-state index in [2.05, 4.69) is 23.7 Å². The Morgan fingerprint density at radius 1 is 0.951 bits per heavy atom. The molecule has 0 unspecified atom stereocenters. The summed E-state index contributed by atoms with van der Waals surface area (Å²) in [5.41, 5.74) is 3.29. The minimum atomic E-state index is -0.398. The van der Waals surface area contributed by atoms with Crippen molar-refractivity contribution >= 4 is 28.4 Å². The van der Waals surface area contributed by atoms with Gasteiger partial charge in [0.1, 0.15) is 5.82 Å². The number of hydrogen-bond acceptors (Lipinski definition) is 4. The summed E-state index contributed by atoms with van der Waals surface area (Å²) in [6.07, 6.45) is 6.64. The molecular formula is C33H38FN5O2. The van der Waals surface area contributed by atoms with Crippen molar-refractivity contribution in [3.05, 3.63) is 95.7 Å². The number of aryl methyl sites for hydroxylation is 1. The van der Waals surface area contributed by atoms with E-state index in [-0.39, 0.29) is 18.4 Å². The summed E-state index contributed by atoms with van der Waals surface area (Å²) in [6.45, 7) is 8.19. The number of anilines is 1. The summed E-state index contributed by atoms with van der Waals surface area (Å²) in [6, 6.07) is 15.9. The minimum absolute atomic E-state index is 0.102. The lowest BCUT2D eigenvalue weighted by Crippen LogP contribution is -2.39. The number of amides is 2. The maximum atomic E-state index is 14.7. The van der Waals surface area contributed by atoms with Crippen LogP contribution in [-0.4, -0.2) is 63.9 Å². The van der Waals surface area contributed by atoms with Crippen molar-refractivity contribution in [3.8, 4) is 0 Å². The molecule has 0 saturated carbocycles. The van der Waals surface area contributed by atoms with E-state index < -0.39 is 5.82 Å². The van der Waals surface area contributed by atoms with Crippen LogP contribution < -0.4 is 4.90 Å². The molecule has 4 aromatic rings. The molecule has 7 nitrogen and oxygen atoms in total. The molecule has 214 valence electrons. The number of para-hydroxylation sites is 1. The molecule has 8 heteroatoms. The summed E-state index contributed by atoms with van der Waals surface area (Å²) >= 11 is 0. The minimum Gasteiger partial charge on any atom is -0.350 e. The van der Waals surface area contributed by atoms with Crippen LogP contribution in [0.5, 0.6) is 0 Å². The molecular weight excluding hydrogens is 517 g/mol. The molecule has 2 amide bonds. The van der Waals surface area contributed by atoms with E-state index in [4.69, 9.17) is 0 Å². The van der Waals surface area contributed by atoms with Crippen LogP contribution in [0.4, 0.5) is 10.1 Å². The van der Waals surface area contributed by atoms with Crippen LogP contribution >= 0.6 is 0 Å². The number of rotatable bonds is 4. The predicted octanol–water partition coefficient (Wildman–Crippen LogP) is 5.75. The quantitative estimate of drug-likeness (QED) is 0.322. The molecule has 5 rings (SSSR count). The van der Waals surface area contributed by atoms with Crippen molar-refractivity contribution in [2.24, 2.45) is 13.0 Å². The van der Waals surface area contributed by atoms with Gasteiger partial charge in [-0.25, -0.2) is 4.39 Å². The van der Waals surface area contributed by atoms with Gasteiger partial charge in [-0.3, -0.25) is 14.6 Å². The van der Waals surface area contributed by atoms with Crippen molar-refractivity contribution in [2.45, 2.75) is 33.2 Å². The largest absolute Gasteiger partial charge is 0.350 e. The molecule has 0 N–H and O–H groups in total. The van der Waals surface area contributed by atoms with Crippen LogP contribution in [0.25, 0.3) is 10.9 Å². The highest BCUT2D eigenvalue weighted by atomic mass is 19.1. The van der Waals surface area contributed by atoms with Gasteiger partial charge < -0.3 is 19.3 Å². The number of carbonyl (C=O) groups excluding carboxylic acids is 2. The van der Waals surface area contributed by atoms with Crippen molar-refractivity contribution in [2.75, 3.05) is 37.6 Å². The lowest BCUT2D eigenvalue weighted by Gasteiger charge is -2.32. The first-order valence-electron chi connectivity index (χ1n) is 14.4. The lowest BCUT2D eigenvalue weighted by atomic mass is 10.1. The summed E-state index contributed by atoms with van der Waals surface area (Å²) in [4.78, 5) is 38.1. The highest BCUT2D eigenvalue weighted by Crippen LogP contribution is 2.28. The number of nitrogens with zero attached hydrogens (tertiary/aromatic N) is 5. The van der Waals surface area contributed by atoms with E-state index in [9.17, 15) is 14.0 Å². The fourth-order valence-corrected chi connectivity index (χ4v) is 5.81. The molecule has 1 aliphatic rings. The fourth-order valence-electron chi connectivity index (χ4n) is 5.81. The Morgan fingerprint density at radius 3 is 2.49 bits per heavy atom. The highest BCUT2D eigenvalue weighted by Gasteiger charge is 2.26. The van der Waals surface area contributed by atoms with Gasteiger partial charge in [-0.05, 0) is 73.8 Å². The van der Waals surface area contributed by atoms with Crippen LogP contribution in [0, 0.1) is 11.7 Å². The first-order chi connectivity index (χ1) is 19.8. The van der Waals surface area contributed by atoms with E-state index in [1.54, 1.807) is 35.5 Å². The van der Waals surface area contributed by atoms with E-state index in [1.807, 2.05) is 47.0 Å². The van der Waals surface area contributed by atoms with Gasteiger partial charge in [0.25, 0.3) is 11.8 Å². The third-order valence-corrected chi connectivity index (χ3v) is 7.64. The Balaban J connectivity index is 1.56. The standard InChI is InChI=1S/C33H38FN5O2/c1-24(2)21-37-15-7-17-38(33(41)29-23-36(3)31-11-5-4-10-28(29)31)22-26-19-27(34)12-13-30(26)39(18-8-16-37)32(40)25-9-6-14-35-20-25/h4-6,9-14,19-20,23-24H,7-8,15-18,21-22H2,1-3H3. The van der Waals surface area contributed by atoms with E-state index in [0.717, 1.165) is 43.4 Å². The number of fused-ring (bicyclic) bond motifs is 2. The molecule has 0 fully saturated rings. The molecule has 2 aromatic heterocycles. The number of pyridine rings is 1. The van der Waals surface area contributed by atoms with Crippen LogP contribution in [0.3, 0.4) is 0 Å². The third kappa shape index (κ3) is 6.49. The Bertz CT molecular complexity index is 1520. The van der Waals surface area contributed by atoms with E-state index >= 15 is 0 Å². The van der Waals surface area contributed by atoms with E-state index in [0.29, 0.717) is 41.4 Å². The molecule has 2 aromatic carbocycles. The number of hydrogen-bond donors (Lipinski definition) is 0. The molecule has 0 aliphatic carbocycles. The second kappa shape index (κ2) is 12.6. The zero-order valence-electron chi connectivity index (χ0n) is 24.1. The van der Waals surface area contributed by atoms with Crippen molar-refractivity contribution < 1.29 is 14.0 Å². The molecule has 0 atom stereocenters. The van der Waals surface area contributed by atoms with Gasteiger partial charge in [0.2, 0.25) is 0 Å². The Kier molecular flexibility index (Phi) is 8.78. The van der Waals surface area contributed by atoms with Gasteiger partial charge >= 0.3 is 0 Å². The van der Waals surface area contributed by atoms with Crippen molar-refractivity contribution in [1.82, 2.24) is 19.4 Å².